The second-order valence-electron chi connectivity index (χ2n) is 5.54. The van der Waals surface area contributed by atoms with Gasteiger partial charge in [-0.1, -0.05) is 64.7 Å². The average molecular weight is 324 g/mol. The van der Waals surface area contributed by atoms with E-state index in [9.17, 15) is 8.42 Å². The number of aliphatic hydroxyl groups excluding tert-OH is 1. The van der Waals surface area contributed by atoms with Crippen LogP contribution in [0.2, 0.25) is 0 Å². The molecular weight excluding hydrogens is 292 g/mol. The smallest absolute Gasteiger partial charge is 0.267 e. The third-order valence-corrected chi connectivity index (χ3v) is 4.65. The zero-order valence-corrected chi connectivity index (χ0v) is 14.1. The van der Waals surface area contributed by atoms with Crippen molar-refractivity contribution in [2.45, 2.75) is 83.8 Å². The fourth-order valence-electron chi connectivity index (χ4n) is 2.08. The summed E-state index contributed by atoms with van der Waals surface area (Å²) in [5, 5.41) is 17.2. The van der Waals surface area contributed by atoms with Crippen LogP contribution in [0.1, 0.15) is 77.6 Å². The van der Waals surface area contributed by atoms with Crippen LogP contribution in [-0.4, -0.2) is 37.3 Å². The largest absolute Gasteiger partial charge is 0.368 e. The highest BCUT2D eigenvalue weighted by atomic mass is 32.2. The summed E-state index contributed by atoms with van der Waals surface area (Å²) in [6.07, 6.45) is 10.1. The first-order valence-electron chi connectivity index (χ1n) is 8.21. The van der Waals surface area contributed by atoms with E-state index in [1.807, 2.05) is 0 Å². The second kappa shape index (κ2) is 13.5. The topological polar surface area (TPSA) is 83.8 Å². The van der Waals surface area contributed by atoms with Crippen LogP contribution in [0.15, 0.2) is 0 Å². The van der Waals surface area contributed by atoms with Gasteiger partial charge in [0.2, 0.25) is 0 Å². The SMILES string of the molecule is CCCCCCCCCCCCOS(=O)(=O)CCC(O)O. The molecule has 0 aliphatic heterocycles. The molecule has 0 radical (unpaired) electrons. The highest BCUT2D eigenvalue weighted by molar-refractivity contribution is 7.86. The van der Waals surface area contributed by atoms with Crippen LogP contribution < -0.4 is 0 Å². The predicted molar refractivity (Wildman–Crippen MR) is 84.4 cm³/mol. The minimum atomic E-state index is -3.61. The maximum absolute atomic E-state index is 11.4. The number of rotatable bonds is 15. The Morgan fingerprint density at radius 1 is 0.857 bits per heavy atom. The van der Waals surface area contributed by atoms with E-state index in [2.05, 4.69) is 6.92 Å². The third-order valence-electron chi connectivity index (χ3n) is 3.39. The van der Waals surface area contributed by atoms with Crippen LogP contribution in [-0.2, 0) is 14.3 Å². The Balaban J connectivity index is 3.32. The van der Waals surface area contributed by atoms with Crippen LogP contribution in [0.5, 0.6) is 0 Å². The maximum atomic E-state index is 11.4. The zero-order valence-electron chi connectivity index (χ0n) is 13.3. The Kier molecular flexibility index (Phi) is 13.4. The molecule has 5 nitrogen and oxygen atoms in total. The fraction of sp³-hybridized carbons (Fsp3) is 1.00. The van der Waals surface area contributed by atoms with Gasteiger partial charge in [0, 0.05) is 6.42 Å². The van der Waals surface area contributed by atoms with Gasteiger partial charge in [0.25, 0.3) is 10.1 Å². The number of hydrogen-bond donors (Lipinski definition) is 2. The van der Waals surface area contributed by atoms with E-state index in [1.165, 1.54) is 44.9 Å². The van der Waals surface area contributed by atoms with Crippen molar-refractivity contribution in [1.82, 2.24) is 0 Å². The van der Waals surface area contributed by atoms with E-state index in [0.29, 0.717) is 0 Å². The molecule has 6 heteroatoms. The molecule has 0 rings (SSSR count). The van der Waals surface area contributed by atoms with Crippen LogP contribution in [0.3, 0.4) is 0 Å². The lowest BCUT2D eigenvalue weighted by Crippen LogP contribution is -2.16. The Hall–Kier alpha value is -0.170. The van der Waals surface area contributed by atoms with Crippen molar-refractivity contribution >= 4 is 10.1 Å². The Morgan fingerprint density at radius 2 is 1.33 bits per heavy atom. The highest BCUT2D eigenvalue weighted by Gasteiger charge is 2.12. The quantitative estimate of drug-likeness (QED) is 0.275. The molecular formula is C15H32O5S. The van der Waals surface area contributed by atoms with Gasteiger partial charge in [0.15, 0.2) is 6.29 Å². The fourth-order valence-corrected chi connectivity index (χ4v) is 3.07. The first-order valence-corrected chi connectivity index (χ1v) is 9.79. The van der Waals surface area contributed by atoms with Gasteiger partial charge in [0.1, 0.15) is 0 Å². The summed E-state index contributed by atoms with van der Waals surface area (Å²) in [6.45, 7) is 2.41. The molecule has 0 aromatic heterocycles. The molecule has 2 N–H and O–H groups in total. The molecule has 0 amide bonds. The van der Waals surface area contributed by atoms with Gasteiger partial charge in [-0.15, -0.1) is 0 Å². The Bertz CT molecular complexity index is 314. The van der Waals surface area contributed by atoms with Crippen LogP contribution >= 0.6 is 0 Å². The summed E-state index contributed by atoms with van der Waals surface area (Å²) in [7, 11) is -3.61. The molecule has 0 aromatic carbocycles. The average Bonchev–Trinajstić information content (AvgIpc) is 2.43. The summed E-state index contributed by atoms with van der Waals surface area (Å²) < 4.78 is 27.5. The molecule has 0 aliphatic carbocycles. The standard InChI is InChI=1S/C15H32O5S/c1-2-3-4-5-6-7-8-9-10-11-13-20-21(18,19)14-12-15(16)17/h15-17H,2-14H2,1H3. The van der Waals surface area contributed by atoms with Crippen molar-refractivity contribution < 1.29 is 22.8 Å². The van der Waals surface area contributed by atoms with Crippen molar-refractivity contribution in [2.24, 2.45) is 0 Å². The van der Waals surface area contributed by atoms with Gasteiger partial charge < -0.3 is 10.2 Å². The lowest BCUT2D eigenvalue weighted by Gasteiger charge is -2.06. The van der Waals surface area contributed by atoms with E-state index in [4.69, 9.17) is 14.4 Å². The van der Waals surface area contributed by atoms with Crippen molar-refractivity contribution in [2.75, 3.05) is 12.4 Å². The van der Waals surface area contributed by atoms with Crippen LogP contribution in [0, 0.1) is 0 Å². The molecule has 0 aliphatic rings. The highest BCUT2D eigenvalue weighted by Crippen LogP contribution is 2.11. The third kappa shape index (κ3) is 16.0. The summed E-state index contributed by atoms with van der Waals surface area (Å²) in [5.74, 6) is -0.345. The van der Waals surface area contributed by atoms with Crippen molar-refractivity contribution in [3.8, 4) is 0 Å². The predicted octanol–water partition coefficient (Wildman–Crippen LogP) is 2.95. The van der Waals surface area contributed by atoms with Gasteiger partial charge in [0.05, 0.1) is 12.4 Å². The number of aliphatic hydroxyl groups is 2. The van der Waals surface area contributed by atoms with E-state index in [-0.39, 0.29) is 18.8 Å². The first-order chi connectivity index (χ1) is 9.98. The lowest BCUT2D eigenvalue weighted by atomic mass is 10.1. The molecule has 0 unspecified atom stereocenters. The molecule has 128 valence electrons. The van der Waals surface area contributed by atoms with Crippen LogP contribution in [0.4, 0.5) is 0 Å². The van der Waals surface area contributed by atoms with E-state index >= 15 is 0 Å². The summed E-state index contributed by atoms with van der Waals surface area (Å²) in [5.41, 5.74) is 0. The second-order valence-corrected chi connectivity index (χ2v) is 7.29. The molecule has 0 heterocycles. The van der Waals surface area contributed by atoms with Gasteiger partial charge in [-0.2, -0.15) is 8.42 Å². The number of hydrogen-bond acceptors (Lipinski definition) is 5. The van der Waals surface area contributed by atoms with Crippen molar-refractivity contribution in [3.05, 3.63) is 0 Å². The number of unbranched alkanes of at least 4 members (excludes halogenated alkanes) is 9. The summed E-state index contributed by atoms with van der Waals surface area (Å²) in [6, 6.07) is 0. The lowest BCUT2D eigenvalue weighted by molar-refractivity contribution is -0.0410. The van der Waals surface area contributed by atoms with Crippen molar-refractivity contribution in [3.63, 3.8) is 0 Å². The Labute approximate surface area is 129 Å². The first kappa shape index (κ1) is 20.8. The molecule has 0 atom stereocenters. The maximum Gasteiger partial charge on any atom is 0.267 e. The summed E-state index contributed by atoms with van der Waals surface area (Å²) >= 11 is 0. The van der Waals surface area contributed by atoms with Gasteiger partial charge in [-0.05, 0) is 6.42 Å². The van der Waals surface area contributed by atoms with Crippen LogP contribution in [0.25, 0.3) is 0 Å². The van der Waals surface area contributed by atoms with Gasteiger partial charge in [-0.3, -0.25) is 4.18 Å². The van der Waals surface area contributed by atoms with Crippen molar-refractivity contribution in [1.29, 1.82) is 0 Å². The van der Waals surface area contributed by atoms with Gasteiger partial charge in [-0.25, -0.2) is 0 Å². The minimum absolute atomic E-state index is 0.195. The molecule has 0 spiro atoms. The van der Waals surface area contributed by atoms with Gasteiger partial charge >= 0.3 is 0 Å². The monoisotopic (exact) mass is 324 g/mol. The normalized spacial score (nSPS) is 12.2. The molecule has 21 heavy (non-hydrogen) atoms. The minimum Gasteiger partial charge on any atom is -0.368 e. The Morgan fingerprint density at radius 3 is 1.81 bits per heavy atom. The van der Waals surface area contributed by atoms with E-state index in [1.54, 1.807) is 0 Å². The molecule has 0 aromatic rings. The van der Waals surface area contributed by atoms with E-state index in [0.717, 1.165) is 19.3 Å². The van der Waals surface area contributed by atoms with E-state index < -0.39 is 16.4 Å². The summed E-state index contributed by atoms with van der Waals surface area (Å²) in [4.78, 5) is 0. The molecule has 0 fully saturated rings. The molecule has 0 bridgehead atoms. The zero-order chi connectivity index (χ0) is 16.0. The molecule has 0 saturated heterocycles. The molecule has 0 saturated carbocycles.